The number of hydrogen-bond donors (Lipinski definition) is 1. The molecule has 0 radical (unpaired) electrons. The Hall–Kier alpha value is -1.10. The SMILES string of the molecule is [2H]C([2H])([2H])C([2H])([2H])Oc1cnc(Br)cc1C(=O)O. The number of pyridine rings is 1. The summed E-state index contributed by atoms with van der Waals surface area (Å²) in [5, 5.41) is 8.90. The lowest BCUT2D eigenvalue weighted by Gasteiger charge is -2.05. The van der Waals surface area contributed by atoms with Gasteiger partial charge in [-0.15, -0.1) is 0 Å². The van der Waals surface area contributed by atoms with Crippen LogP contribution < -0.4 is 4.74 Å². The highest BCUT2D eigenvalue weighted by atomic mass is 79.9. The second kappa shape index (κ2) is 4.23. The number of hydrogen-bond acceptors (Lipinski definition) is 3. The van der Waals surface area contributed by atoms with Gasteiger partial charge in [0, 0.05) is 4.11 Å². The van der Waals surface area contributed by atoms with Crippen LogP contribution >= 0.6 is 15.9 Å². The van der Waals surface area contributed by atoms with E-state index in [1.807, 2.05) is 0 Å². The molecule has 0 aliphatic carbocycles. The molecule has 4 nitrogen and oxygen atoms in total. The average molecular weight is 251 g/mol. The number of aromatic nitrogens is 1. The van der Waals surface area contributed by atoms with Crippen molar-refractivity contribution in [3.63, 3.8) is 0 Å². The highest BCUT2D eigenvalue weighted by molar-refractivity contribution is 9.10. The summed E-state index contributed by atoms with van der Waals surface area (Å²) in [7, 11) is 0. The monoisotopic (exact) mass is 250 g/mol. The third-order valence-electron chi connectivity index (χ3n) is 1.23. The standard InChI is InChI=1S/C8H8BrNO3/c1-2-13-6-4-10-7(9)3-5(6)8(11)12/h3-4H,2H2,1H3,(H,11,12)/i1D3,2D2. The summed E-state index contributed by atoms with van der Waals surface area (Å²) in [5.74, 6) is -1.83. The van der Waals surface area contributed by atoms with Crippen LogP contribution in [-0.2, 0) is 0 Å². The molecule has 70 valence electrons. The molecule has 0 spiro atoms. The summed E-state index contributed by atoms with van der Waals surface area (Å²) in [6.07, 6.45) is 0.942. The van der Waals surface area contributed by atoms with Gasteiger partial charge in [-0.05, 0) is 28.8 Å². The normalized spacial score (nSPS) is 17.5. The molecule has 5 heteroatoms. The smallest absolute Gasteiger partial charge is 0.339 e. The zero-order valence-electron chi connectivity index (χ0n) is 11.2. The molecule has 0 aliphatic rings. The van der Waals surface area contributed by atoms with Crippen LogP contribution in [0.1, 0.15) is 24.1 Å². The molecule has 1 aromatic heterocycles. The number of aromatic carboxylic acids is 1. The minimum absolute atomic E-state index is 0.210. The first-order valence-electron chi connectivity index (χ1n) is 5.62. The van der Waals surface area contributed by atoms with Gasteiger partial charge < -0.3 is 9.84 Å². The molecule has 0 aliphatic heterocycles. The summed E-state index contributed by atoms with van der Waals surface area (Å²) in [6.45, 7) is -6.05. The minimum Gasteiger partial charge on any atom is -0.491 e. The van der Waals surface area contributed by atoms with Gasteiger partial charge in [-0.2, -0.15) is 0 Å². The van der Waals surface area contributed by atoms with Gasteiger partial charge in [-0.3, -0.25) is 0 Å². The van der Waals surface area contributed by atoms with Crippen molar-refractivity contribution < 1.29 is 21.5 Å². The number of carboxylic acid groups (broad SMARTS) is 1. The molecule has 0 fully saturated rings. The maximum absolute atomic E-state index is 10.9. The number of nitrogens with zero attached hydrogens (tertiary/aromatic N) is 1. The molecule has 1 heterocycles. The Labute approximate surface area is 90.7 Å². The van der Waals surface area contributed by atoms with Gasteiger partial charge in [0.2, 0.25) is 0 Å². The van der Waals surface area contributed by atoms with Gasteiger partial charge in [-0.1, -0.05) is 0 Å². The van der Waals surface area contributed by atoms with E-state index in [0.717, 1.165) is 12.3 Å². The van der Waals surface area contributed by atoms with E-state index in [9.17, 15) is 4.79 Å². The summed E-state index contributed by atoms with van der Waals surface area (Å²) >= 11 is 2.95. The Morgan fingerprint density at radius 1 is 2.00 bits per heavy atom. The second-order valence-electron chi connectivity index (χ2n) is 2.01. The molecular formula is C8H8BrNO3. The van der Waals surface area contributed by atoms with Crippen LogP contribution in [0.2, 0.25) is 0 Å². The fraction of sp³-hybridized carbons (Fsp3) is 0.250. The molecule has 1 aromatic rings. The summed E-state index contributed by atoms with van der Waals surface area (Å²) in [6, 6.07) is 1.09. The molecule has 1 N–H and O–H groups in total. The van der Waals surface area contributed by atoms with Gasteiger partial charge in [0.15, 0.2) is 5.75 Å². The second-order valence-corrected chi connectivity index (χ2v) is 2.82. The molecule has 0 atom stereocenters. The number of rotatable bonds is 3. The number of ether oxygens (including phenoxy) is 1. The van der Waals surface area contributed by atoms with Crippen molar-refractivity contribution in [2.75, 3.05) is 6.56 Å². The lowest BCUT2D eigenvalue weighted by atomic mass is 10.2. The summed E-state index contributed by atoms with van der Waals surface area (Å²) < 4.78 is 40.2. The fourth-order valence-electron chi connectivity index (χ4n) is 0.721. The summed E-state index contributed by atoms with van der Waals surface area (Å²) in [4.78, 5) is 14.6. The van der Waals surface area contributed by atoms with Crippen LogP contribution in [0.5, 0.6) is 5.75 Å². The van der Waals surface area contributed by atoms with E-state index < -0.39 is 25.1 Å². The van der Waals surface area contributed by atoms with Crippen LogP contribution in [0.3, 0.4) is 0 Å². The highest BCUT2D eigenvalue weighted by Crippen LogP contribution is 2.20. The van der Waals surface area contributed by atoms with Crippen molar-refractivity contribution in [1.29, 1.82) is 0 Å². The first-order valence-corrected chi connectivity index (χ1v) is 3.92. The molecule has 0 saturated carbocycles. The first-order chi connectivity index (χ1) is 8.04. The maximum Gasteiger partial charge on any atom is 0.339 e. The topological polar surface area (TPSA) is 59.4 Å². The Morgan fingerprint density at radius 2 is 2.77 bits per heavy atom. The predicted octanol–water partition coefficient (Wildman–Crippen LogP) is 1.94. The van der Waals surface area contributed by atoms with Gasteiger partial charge in [0.25, 0.3) is 0 Å². The van der Waals surface area contributed by atoms with Crippen LogP contribution in [-0.4, -0.2) is 22.6 Å². The van der Waals surface area contributed by atoms with E-state index in [2.05, 4.69) is 25.7 Å². The van der Waals surface area contributed by atoms with Crippen molar-refractivity contribution in [3.8, 4) is 5.75 Å². The maximum atomic E-state index is 10.9. The zero-order chi connectivity index (χ0) is 14.1. The van der Waals surface area contributed by atoms with Crippen LogP contribution in [0, 0.1) is 0 Å². The highest BCUT2D eigenvalue weighted by Gasteiger charge is 2.11. The largest absolute Gasteiger partial charge is 0.491 e. The molecule has 0 amide bonds. The lowest BCUT2D eigenvalue weighted by Crippen LogP contribution is -2.03. The van der Waals surface area contributed by atoms with E-state index >= 15 is 0 Å². The van der Waals surface area contributed by atoms with Crippen molar-refractivity contribution >= 4 is 21.9 Å². The van der Waals surface area contributed by atoms with Gasteiger partial charge in [0.1, 0.15) is 10.2 Å². The van der Waals surface area contributed by atoms with E-state index in [4.69, 9.17) is 12.0 Å². The van der Waals surface area contributed by atoms with Crippen LogP contribution in [0.15, 0.2) is 16.9 Å². The minimum atomic E-state index is -3.05. The zero-order valence-corrected chi connectivity index (χ0v) is 7.83. The van der Waals surface area contributed by atoms with Crippen molar-refractivity contribution in [2.45, 2.75) is 6.85 Å². The fourth-order valence-corrected chi connectivity index (χ4v) is 1.05. The Morgan fingerprint density at radius 3 is 3.38 bits per heavy atom. The lowest BCUT2D eigenvalue weighted by molar-refractivity contribution is 0.0692. The van der Waals surface area contributed by atoms with Crippen molar-refractivity contribution in [1.82, 2.24) is 4.98 Å². The first kappa shape index (κ1) is 4.95. The quantitative estimate of drug-likeness (QED) is 0.834. The molecule has 0 unspecified atom stereocenters. The molecule has 0 saturated heterocycles. The van der Waals surface area contributed by atoms with Crippen molar-refractivity contribution in [3.05, 3.63) is 22.4 Å². The Kier molecular flexibility index (Phi) is 1.61. The van der Waals surface area contributed by atoms with E-state index in [0.29, 0.717) is 0 Å². The average Bonchev–Trinajstić information content (AvgIpc) is 2.18. The molecule has 0 bridgehead atoms. The van der Waals surface area contributed by atoms with Crippen LogP contribution in [0.4, 0.5) is 0 Å². The van der Waals surface area contributed by atoms with E-state index in [-0.39, 0.29) is 10.2 Å². The van der Waals surface area contributed by atoms with Crippen LogP contribution in [0.25, 0.3) is 0 Å². The van der Waals surface area contributed by atoms with E-state index in [1.165, 1.54) is 0 Å². The third kappa shape index (κ3) is 2.42. The van der Waals surface area contributed by atoms with Gasteiger partial charge in [0.05, 0.1) is 15.5 Å². The number of carboxylic acids is 1. The summed E-state index contributed by atoms with van der Waals surface area (Å²) in [5.41, 5.74) is -0.384. The van der Waals surface area contributed by atoms with Gasteiger partial charge in [-0.25, -0.2) is 9.78 Å². The Balaban J connectivity index is 3.16. The Bertz CT molecular complexity index is 476. The predicted molar refractivity (Wildman–Crippen MR) is 50.1 cm³/mol. The molecule has 1 rings (SSSR count). The van der Waals surface area contributed by atoms with Gasteiger partial charge >= 0.3 is 5.97 Å². The molecule has 13 heavy (non-hydrogen) atoms. The van der Waals surface area contributed by atoms with E-state index in [1.54, 1.807) is 0 Å². The number of carbonyl (C=O) groups is 1. The van der Waals surface area contributed by atoms with Crippen molar-refractivity contribution in [2.24, 2.45) is 0 Å². The number of halogens is 1. The molecule has 0 aromatic carbocycles. The third-order valence-corrected chi connectivity index (χ3v) is 1.66. The molecular weight excluding hydrogens is 238 g/mol.